The van der Waals surface area contributed by atoms with Crippen molar-refractivity contribution in [3.05, 3.63) is 29.8 Å². The van der Waals surface area contributed by atoms with E-state index >= 15 is 0 Å². The number of nitrogens with zero attached hydrogens (tertiary/aromatic N) is 1. The molecule has 0 aliphatic rings. The summed E-state index contributed by atoms with van der Waals surface area (Å²) in [5.74, 6) is 0.914. The first kappa shape index (κ1) is 16.0. The van der Waals surface area contributed by atoms with Crippen LogP contribution in [-0.2, 0) is 6.42 Å². The monoisotopic (exact) mass is 264 g/mol. The number of rotatable bonds is 7. The minimum Gasteiger partial charge on any atom is -0.497 e. The molecular formula is C16H28N2O. The van der Waals surface area contributed by atoms with Gasteiger partial charge >= 0.3 is 0 Å². The quantitative estimate of drug-likeness (QED) is 0.822. The van der Waals surface area contributed by atoms with E-state index in [0.717, 1.165) is 38.3 Å². The maximum Gasteiger partial charge on any atom is 0.118 e. The highest BCUT2D eigenvalue weighted by molar-refractivity contribution is 5.27. The van der Waals surface area contributed by atoms with Gasteiger partial charge in [0.05, 0.1) is 7.11 Å². The first-order valence-corrected chi connectivity index (χ1v) is 7.00. The fraction of sp³-hybridized carbons (Fsp3) is 0.625. The van der Waals surface area contributed by atoms with Crippen molar-refractivity contribution in [3.63, 3.8) is 0 Å². The van der Waals surface area contributed by atoms with Gasteiger partial charge in [0, 0.05) is 26.2 Å². The summed E-state index contributed by atoms with van der Waals surface area (Å²) in [6, 6.07) is 8.31. The summed E-state index contributed by atoms with van der Waals surface area (Å²) in [5, 5.41) is 0. The van der Waals surface area contributed by atoms with E-state index in [-0.39, 0.29) is 0 Å². The highest BCUT2D eigenvalue weighted by Gasteiger charge is 2.15. The number of benzene rings is 1. The molecule has 0 unspecified atom stereocenters. The van der Waals surface area contributed by atoms with Gasteiger partial charge < -0.3 is 15.4 Å². The van der Waals surface area contributed by atoms with Crippen LogP contribution in [0.2, 0.25) is 0 Å². The van der Waals surface area contributed by atoms with Gasteiger partial charge in [0.2, 0.25) is 0 Å². The van der Waals surface area contributed by atoms with E-state index in [2.05, 4.69) is 37.8 Å². The molecule has 3 nitrogen and oxygen atoms in total. The Bertz CT molecular complexity index is 354. The summed E-state index contributed by atoms with van der Waals surface area (Å²) in [6.45, 7) is 10.6. The molecule has 3 heteroatoms. The fourth-order valence-corrected chi connectivity index (χ4v) is 2.20. The molecule has 1 aromatic carbocycles. The Balaban J connectivity index is 2.50. The molecule has 2 N–H and O–H groups in total. The first-order valence-electron chi connectivity index (χ1n) is 7.00. The zero-order valence-electron chi connectivity index (χ0n) is 12.8. The molecule has 0 aliphatic carbocycles. The van der Waals surface area contributed by atoms with Gasteiger partial charge in [0.1, 0.15) is 5.75 Å². The Morgan fingerprint density at radius 1 is 1.11 bits per heavy atom. The molecule has 0 fully saturated rings. The largest absolute Gasteiger partial charge is 0.497 e. The van der Waals surface area contributed by atoms with E-state index < -0.39 is 0 Å². The van der Waals surface area contributed by atoms with Crippen LogP contribution >= 0.6 is 0 Å². The third-order valence-corrected chi connectivity index (χ3v) is 3.02. The third kappa shape index (κ3) is 6.60. The minimum atomic E-state index is 0.315. The van der Waals surface area contributed by atoms with E-state index in [1.807, 2.05) is 12.1 Å². The van der Waals surface area contributed by atoms with Gasteiger partial charge in [0.15, 0.2) is 0 Å². The maximum atomic E-state index is 5.70. The van der Waals surface area contributed by atoms with E-state index in [1.54, 1.807) is 7.11 Å². The van der Waals surface area contributed by atoms with Crippen LogP contribution in [0.15, 0.2) is 24.3 Å². The zero-order valence-corrected chi connectivity index (χ0v) is 12.8. The van der Waals surface area contributed by atoms with E-state index in [0.29, 0.717) is 5.41 Å². The van der Waals surface area contributed by atoms with Gasteiger partial charge in [0.25, 0.3) is 0 Å². The molecule has 0 atom stereocenters. The van der Waals surface area contributed by atoms with Crippen molar-refractivity contribution >= 4 is 0 Å². The van der Waals surface area contributed by atoms with Crippen LogP contribution in [-0.4, -0.2) is 38.2 Å². The normalized spacial score (nSPS) is 11.9. The molecule has 0 spiro atoms. The van der Waals surface area contributed by atoms with Gasteiger partial charge in [-0.05, 0) is 29.5 Å². The Kier molecular flexibility index (Phi) is 6.32. The summed E-state index contributed by atoms with van der Waals surface area (Å²) in [5.41, 5.74) is 7.36. The Morgan fingerprint density at radius 3 is 2.21 bits per heavy atom. The van der Waals surface area contributed by atoms with E-state index in [1.165, 1.54) is 5.56 Å². The molecule has 0 amide bonds. The van der Waals surface area contributed by atoms with Crippen molar-refractivity contribution in [2.45, 2.75) is 27.2 Å². The zero-order chi connectivity index (χ0) is 14.3. The number of hydrogen-bond donors (Lipinski definition) is 1. The second kappa shape index (κ2) is 7.51. The van der Waals surface area contributed by atoms with Crippen LogP contribution in [0.1, 0.15) is 26.3 Å². The lowest BCUT2D eigenvalue weighted by molar-refractivity contribution is 0.197. The van der Waals surface area contributed by atoms with Crippen molar-refractivity contribution < 1.29 is 4.74 Å². The summed E-state index contributed by atoms with van der Waals surface area (Å²) in [6.07, 6.45) is 1.06. The van der Waals surface area contributed by atoms with Gasteiger partial charge in [-0.3, -0.25) is 0 Å². The van der Waals surface area contributed by atoms with Crippen LogP contribution in [0.25, 0.3) is 0 Å². The second-order valence-electron chi connectivity index (χ2n) is 6.22. The molecule has 108 valence electrons. The number of hydrogen-bond acceptors (Lipinski definition) is 3. The molecule has 0 aromatic heterocycles. The lowest BCUT2D eigenvalue weighted by Gasteiger charge is -2.29. The van der Waals surface area contributed by atoms with Gasteiger partial charge in [-0.2, -0.15) is 0 Å². The molecule has 0 saturated carbocycles. The molecule has 0 bridgehead atoms. The second-order valence-corrected chi connectivity index (χ2v) is 6.22. The topological polar surface area (TPSA) is 38.5 Å². The fourth-order valence-electron chi connectivity index (χ4n) is 2.20. The summed E-state index contributed by atoms with van der Waals surface area (Å²) in [7, 11) is 1.70. The van der Waals surface area contributed by atoms with Crippen molar-refractivity contribution in [2.75, 3.05) is 33.3 Å². The molecule has 1 rings (SSSR count). The van der Waals surface area contributed by atoms with Crippen LogP contribution in [0.3, 0.4) is 0 Å². The predicted molar refractivity (Wildman–Crippen MR) is 81.6 cm³/mol. The van der Waals surface area contributed by atoms with Crippen LogP contribution in [0.5, 0.6) is 5.75 Å². The average Bonchev–Trinajstić information content (AvgIpc) is 2.35. The number of nitrogens with two attached hydrogens (primary N) is 1. The highest BCUT2D eigenvalue weighted by atomic mass is 16.5. The predicted octanol–water partition coefficient (Wildman–Crippen LogP) is 2.54. The summed E-state index contributed by atoms with van der Waals surface area (Å²) < 4.78 is 5.17. The van der Waals surface area contributed by atoms with Gasteiger partial charge in [-0.25, -0.2) is 0 Å². The van der Waals surface area contributed by atoms with E-state index in [4.69, 9.17) is 10.5 Å². The van der Waals surface area contributed by atoms with Crippen molar-refractivity contribution in [1.82, 2.24) is 4.90 Å². The van der Waals surface area contributed by atoms with Crippen LogP contribution in [0.4, 0.5) is 0 Å². The number of methoxy groups -OCH3 is 1. The van der Waals surface area contributed by atoms with Crippen LogP contribution < -0.4 is 10.5 Å². The SMILES string of the molecule is COc1ccc(CCN(CCN)CC(C)(C)C)cc1. The molecule has 19 heavy (non-hydrogen) atoms. The molecule has 0 saturated heterocycles. The first-order chi connectivity index (χ1) is 8.94. The lowest BCUT2D eigenvalue weighted by Crippen LogP contribution is -2.37. The highest BCUT2D eigenvalue weighted by Crippen LogP contribution is 2.16. The van der Waals surface area contributed by atoms with Crippen LogP contribution in [0, 0.1) is 5.41 Å². The summed E-state index contributed by atoms with van der Waals surface area (Å²) >= 11 is 0. The average molecular weight is 264 g/mol. The van der Waals surface area contributed by atoms with Crippen molar-refractivity contribution in [3.8, 4) is 5.75 Å². The molecule has 0 aliphatic heterocycles. The summed E-state index contributed by atoms with van der Waals surface area (Å²) in [4.78, 5) is 2.45. The Labute approximate surface area is 117 Å². The van der Waals surface area contributed by atoms with Gasteiger partial charge in [-0.1, -0.05) is 32.9 Å². The number of ether oxygens (including phenoxy) is 1. The third-order valence-electron chi connectivity index (χ3n) is 3.02. The molecular weight excluding hydrogens is 236 g/mol. The Morgan fingerprint density at radius 2 is 1.74 bits per heavy atom. The molecule has 0 heterocycles. The Hall–Kier alpha value is -1.06. The van der Waals surface area contributed by atoms with E-state index in [9.17, 15) is 0 Å². The smallest absolute Gasteiger partial charge is 0.118 e. The van der Waals surface area contributed by atoms with Gasteiger partial charge in [-0.15, -0.1) is 0 Å². The lowest BCUT2D eigenvalue weighted by atomic mass is 9.96. The standard InChI is InChI=1S/C16H28N2O/c1-16(2,3)13-18(12-10-17)11-9-14-5-7-15(19-4)8-6-14/h5-8H,9-13,17H2,1-4H3. The molecule has 1 aromatic rings. The molecule has 0 radical (unpaired) electrons. The van der Waals surface area contributed by atoms with Crippen molar-refractivity contribution in [2.24, 2.45) is 11.1 Å². The van der Waals surface area contributed by atoms with Crippen molar-refractivity contribution in [1.29, 1.82) is 0 Å². The minimum absolute atomic E-state index is 0.315. The maximum absolute atomic E-state index is 5.70.